The van der Waals surface area contributed by atoms with E-state index in [4.69, 9.17) is 0 Å². The van der Waals surface area contributed by atoms with Gasteiger partial charge in [-0.25, -0.2) is 9.89 Å². The SMILES string of the molecule is CC1(C)CC1c1n[nH]c(=O)n1C1CCCC1. The minimum Gasteiger partial charge on any atom is -0.276 e. The molecule has 0 aliphatic heterocycles. The molecule has 2 saturated carbocycles. The number of nitrogens with zero attached hydrogens (tertiary/aromatic N) is 2. The van der Waals surface area contributed by atoms with E-state index in [1.807, 2.05) is 4.57 Å². The molecule has 0 saturated heterocycles. The fourth-order valence-corrected chi connectivity index (χ4v) is 2.99. The highest BCUT2D eigenvalue weighted by atomic mass is 16.1. The molecule has 0 spiro atoms. The monoisotopic (exact) mass is 221 g/mol. The summed E-state index contributed by atoms with van der Waals surface area (Å²) in [5.74, 6) is 1.48. The topological polar surface area (TPSA) is 50.7 Å². The van der Waals surface area contributed by atoms with Gasteiger partial charge in [0.05, 0.1) is 0 Å². The van der Waals surface area contributed by atoms with Crippen LogP contribution < -0.4 is 5.69 Å². The molecule has 2 fully saturated rings. The highest BCUT2D eigenvalue weighted by Crippen LogP contribution is 2.58. The van der Waals surface area contributed by atoms with Gasteiger partial charge in [-0.3, -0.25) is 4.57 Å². The molecule has 0 aromatic carbocycles. The van der Waals surface area contributed by atoms with Gasteiger partial charge in [0.1, 0.15) is 5.82 Å². The first kappa shape index (κ1) is 10.1. The minimum atomic E-state index is -0.00963. The van der Waals surface area contributed by atoms with Crippen molar-refractivity contribution in [3.05, 3.63) is 16.3 Å². The van der Waals surface area contributed by atoms with E-state index < -0.39 is 0 Å². The van der Waals surface area contributed by atoms with Gasteiger partial charge in [0.2, 0.25) is 0 Å². The summed E-state index contributed by atoms with van der Waals surface area (Å²) < 4.78 is 1.94. The van der Waals surface area contributed by atoms with Crippen LogP contribution in [0.25, 0.3) is 0 Å². The van der Waals surface area contributed by atoms with E-state index in [0.29, 0.717) is 17.4 Å². The maximum absolute atomic E-state index is 11.8. The Labute approximate surface area is 95.1 Å². The maximum Gasteiger partial charge on any atom is 0.343 e. The Hall–Kier alpha value is -1.06. The first-order valence-corrected chi connectivity index (χ1v) is 6.26. The third-order valence-corrected chi connectivity index (χ3v) is 4.25. The van der Waals surface area contributed by atoms with Crippen LogP contribution >= 0.6 is 0 Å². The maximum atomic E-state index is 11.8. The van der Waals surface area contributed by atoms with Gasteiger partial charge in [0.15, 0.2) is 0 Å². The lowest BCUT2D eigenvalue weighted by atomic mass is 10.1. The Balaban J connectivity index is 1.97. The molecule has 4 nitrogen and oxygen atoms in total. The Morgan fingerprint density at radius 3 is 2.56 bits per heavy atom. The first-order valence-electron chi connectivity index (χ1n) is 6.26. The van der Waals surface area contributed by atoms with Crippen molar-refractivity contribution in [3.63, 3.8) is 0 Å². The van der Waals surface area contributed by atoms with Gasteiger partial charge < -0.3 is 0 Å². The number of hydrogen-bond donors (Lipinski definition) is 1. The average molecular weight is 221 g/mol. The summed E-state index contributed by atoms with van der Waals surface area (Å²) in [7, 11) is 0. The van der Waals surface area contributed by atoms with Crippen molar-refractivity contribution < 1.29 is 0 Å². The second kappa shape index (κ2) is 3.22. The Kier molecular flexibility index (Phi) is 2.03. The molecule has 2 aliphatic carbocycles. The summed E-state index contributed by atoms with van der Waals surface area (Å²) in [6.45, 7) is 4.49. The van der Waals surface area contributed by atoms with Crippen LogP contribution in [0.4, 0.5) is 0 Å². The lowest BCUT2D eigenvalue weighted by molar-refractivity contribution is 0.473. The number of aromatic nitrogens is 3. The second-order valence-electron chi connectivity index (χ2n) is 5.94. The van der Waals surface area contributed by atoms with Crippen molar-refractivity contribution >= 4 is 0 Å². The van der Waals surface area contributed by atoms with Gasteiger partial charge in [-0.2, -0.15) is 5.10 Å². The van der Waals surface area contributed by atoms with E-state index in [0.717, 1.165) is 25.1 Å². The molecule has 88 valence electrons. The Morgan fingerprint density at radius 1 is 1.38 bits per heavy atom. The third kappa shape index (κ3) is 1.43. The molecule has 0 radical (unpaired) electrons. The van der Waals surface area contributed by atoms with Gasteiger partial charge >= 0.3 is 5.69 Å². The van der Waals surface area contributed by atoms with Crippen molar-refractivity contribution in [3.8, 4) is 0 Å². The van der Waals surface area contributed by atoms with Crippen LogP contribution in [0.5, 0.6) is 0 Å². The van der Waals surface area contributed by atoms with E-state index in [1.165, 1.54) is 12.8 Å². The quantitative estimate of drug-likeness (QED) is 0.832. The highest BCUT2D eigenvalue weighted by Gasteiger charge is 2.50. The molecule has 0 bridgehead atoms. The molecule has 2 aliphatic rings. The second-order valence-corrected chi connectivity index (χ2v) is 5.94. The highest BCUT2D eigenvalue weighted by molar-refractivity contribution is 5.16. The van der Waals surface area contributed by atoms with Crippen LogP contribution in [0.15, 0.2) is 4.79 Å². The normalized spacial score (nSPS) is 28.5. The summed E-state index contributed by atoms with van der Waals surface area (Å²) in [6, 6.07) is 0.401. The van der Waals surface area contributed by atoms with E-state index in [1.54, 1.807) is 0 Å². The zero-order valence-electron chi connectivity index (χ0n) is 9.99. The summed E-state index contributed by atoms with van der Waals surface area (Å²) in [5.41, 5.74) is 0.326. The van der Waals surface area contributed by atoms with Crippen LogP contribution in [0, 0.1) is 5.41 Å². The van der Waals surface area contributed by atoms with E-state index in [2.05, 4.69) is 24.0 Å². The molecule has 1 heterocycles. The van der Waals surface area contributed by atoms with Crippen LogP contribution in [0.2, 0.25) is 0 Å². The summed E-state index contributed by atoms with van der Waals surface area (Å²) in [5, 5.41) is 6.87. The number of hydrogen-bond acceptors (Lipinski definition) is 2. The molecule has 1 aromatic rings. The van der Waals surface area contributed by atoms with Gasteiger partial charge in [0, 0.05) is 12.0 Å². The lowest BCUT2D eigenvalue weighted by Crippen LogP contribution is -2.22. The Bertz CT molecular complexity index is 451. The number of rotatable bonds is 2. The number of aromatic amines is 1. The minimum absolute atomic E-state index is 0.00963. The van der Waals surface area contributed by atoms with E-state index >= 15 is 0 Å². The number of H-pyrrole nitrogens is 1. The summed E-state index contributed by atoms with van der Waals surface area (Å²) >= 11 is 0. The smallest absolute Gasteiger partial charge is 0.276 e. The molecular weight excluding hydrogens is 202 g/mol. The molecule has 1 N–H and O–H groups in total. The molecule has 0 amide bonds. The van der Waals surface area contributed by atoms with E-state index in [9.17, 15) is 4.79 Å². The van der Waals surface area contributed by atoms with Gasteiger partial charge in [-0.1, -0.05) is 26.7 Å². The molecule has 1 unspecified atom stereocenters. The largest absolute Gasteiger partial charge is 0.343 e. The average Bonchev–Trinajstić information content (AvgIpc) is 2.67. The molecule has 1 atom stereocenters. The van der Waals surface area contributed by atoms with Crippen molar-refractivity contribution in [2.75, 3.05) is 0 Å². The van der Waals surface area contributed by atoms with Crippen molar-refractivity contribution in [1.82, 2.24) is 14.8 Å². The lowest BCUT2D eigenvalue weighted by Gasteiger charge is -2.13. The molecule has 3 rings (SSSR count). The van der Waals surface area contributed by atoms with Crippen molar-refractivity contribution in [2.45, 2.75) is 57.9 Å². The molecule has 4 heteroatoms. The van der Waals surface area contributed by atoms with Crippen LogP contribution in [0.1, 0.15) is 63.7 Å². The summed E-state index contributed by atoms with van der Waals surface area (Å²) in [4.78, 5) is 11.8. The predicted molar refractivity (Wildman–Crippen MR) is 61.5 cm³/mol. The van der Waals surface area contributed by atoms with Crippen molar-refractivity contribution in [1.29, 1.82) is 0 Å². The third-order valence-electron chi connectivity index (χ3n) is 4.25. The predicted octanol–water partition coefficient (Wildman–Crippen LogP) is 2.20. The molecular formula is C12H19N3O. The van der Waals surface area contributed by atoms with Crippen LogP contribution in [0.3, 0.4) is 0 Å². The van der Waals surface area contributed by atoms with E-state index in [-0.39, 0.29) is 5.69 Å². The zero-order valence-corrected chi connectivity index (χ0v) is 9.99. The fraction of sp³-hybridized carbons (Fsp3) is 0.833. The first-order chi connectivity index (χ1) is 7.59. The zero-order chi connectivity index (χ0) is 11.3. The van der Waals surface area contributed by atoms with Gasteiger partial charge in [0.25, 0.3) is 0 Å². The van der Waals surface area contributed by atoms with Crippen LogP contribution in [-0.2, 0) is 0 Å². The standard InChI is InChI=1S/C12H19N3O/c1-12(2)7-9(12)10-13-14-11(16)15(10)8-5-3-4-6-8/h8-9H,3-7H2,1-2H3,(H,14,16). The summed E-state index contributed by atoms with van der Waals surface area (Å²) in [6.07, 6.45) is 5.93. The molecule has 16 heavy (non-hydrogen) atoms. The Morgan fingerprint density at radius 2 is 2.00 bits per heavy atom. The fourth-order valence-electron chi connectivity index (χ4n) is 2.99. The number of nitrogens with one attached hydrogen (secondary N) is 1. The van der Waals surface area contributed by atoms with Gasteiger partial charge in [-0.15, -0.1) is 0 Å². The molecule has 1 aromatic heterocycles. The van der Waals surface area contributed by atoms with Gasteiger partial charge in [-0.05, 0) is 24.7 Å². The van der Waals surface area contributed by atoms with Crippen LogP contribution in [-0.4, -0.2) is 14.8 Å². The van der Waals surface area contributed by atoms with Crippen molar-refractivity contribution in [2.24, 2.45) is 5.41 Å².